The highest BCUT2D eigenvalue weighted by Gasteiger charge is 2.39. The summed E-state index contributed by atoms with van der Waals surface area (Å²) in [5.41, 5.74) is 0.511. The second-order valence-corrected chi connectivity index (χ2v) is 7.00. The van der Waals surface area contributed by atoms with Crippen LogP contribution in [-0.4, -0.2) is 19.3 Å². The standard InChI is InChI=1S/C16H22BrClFNO/c1-3-7-20-15(10-16(21-2)5-4-6-16)11-8-13(18)12(17)9-14(11)19/h8-9,15,20H,3-7,10H2,1-2H3. The molecular weight excluding hydrogens is 357 g/mol. The highest BCUT2D eigenvalue weighted by molar-refractivity contribution is 9.10. The van der Waals surface area contributed by atoms with Gasteiger partial charge < -0.3 is 10.1 Å². The Morgan fingerprint density at radius 2 is 2.19 bits per heavy atom. The number of halogens is 3. The molecule has 0 amide bonds. The molecule has 1 N–H and O–H groups in total. The summed E-state index contributed by atoms with van der Waals surface area (Å²) in [4.78, 5) is 0. The van der Waals surface area contributed by atoms with Crippen molar-refractivity contribution in [2.45, 2.75) is 50.7 Å². The van der Waals surface area contributed by atoms with Gasteiger partial charge in [-0.25, -0.2) is 4.39 Å². The molecule has 0 aliphatic heterocycles. The van der Waals surface area contributed by atoms with Gasteiger partial charge in [-0.15, -0.1) is 0 Å². The molecule has 0 aromatic heterocycles. The van der Waals surface area contributed by atoms with E-state index in [0.717, 1.165) is 32.2 Å². The van der Waals surface area contributed by atoms with E-state index in [1.807, 2.05) is 0 Å². The molecule has 1 aromatic rings. The van der Waals surface area contributed by atoms with Crippen LogP contribution in [0.25, 0.3) is 0 Å². The van der Waals surface area contributed by atoms with Gasteiger partial charge in [-0.3, -0.25) is 0 Å². The van der Waals surface area contributed by atoms with E-state index in [-0.39, 0.29) is 17.5 Å². The van der Waals surface area contributed by atoms with Crippen molar-refractivity contribution in [1.82, 2.24) is 5.32 Å². The van der Waals surface area contributed by atoms with E-state index in [1.54, 1.807) is 13.2 Å². The van der Waals surface area contributed by atoms with Crippen molar-refractivity contribution in [1.29, 1.82) is 0 Å². The molecule has 1 aliphatic rings. The summed E-state index contributed by atoms with van der Waals surface area (Å²) in [6, 6.07) is 3.09. The zero-order valence-electron chi connectivity index (χ0n) is 12.5. The lowest BCUT2D eigenvalue weighted by Gasteiger charge is -2.43. The predicted octanol–water partition coefficient (Wildman–Crippen LogP) is 5.24. The van der Waals surface area contributed by atoms with Gasteiger partial charge in [0.1, 0.15) is 5.82 Å². The van der Waals surface area contributed by atoms with Crippen LogP contribution in [-0.2, 0) is 4.74 Å². The molecule has 118 valence electrons. The fourth-order valence-corrected chi connectivity index (χ4v) is 3.34. The summed E-state index contributed by atoms with van der Waals surface area (Å²) in [5.74, 6) is -0.231. The molecule has 0 bridgehead atoms. The van der Waals surface area contributed by atoms with Crippen molar-refractivity contribution in [3.8, 4) is 0 Å². The zero-order valence-corrected chi connectivity index (χ0v) is 14.9. The normalized spacial score (nSPS) is 18.3. The molecule has 1 aromatic carbocycles. The maximum atomic E-state index is 14.3. The molecule has 1 fully saturated rings. The molecule has 1 saturated carbocycles. The van der Waals surface area contributed by atoms with Crippen LogP contribution < -0.4 is 5.32 Å². The Bertz CT molecular complexity index is 488. The van der Waals surface area contributed by atoms with E-state index in [4.69, 9.17) is 16.3 Å². The van der Waals surface area contributed by atoms with E-state index >= 15 is 0 Å². The van der Waals surface area contributed by atoms with E-state index in [1.165, 1.54) is 12.5 Å². The number of hydrogen-bond donors (Lipinski definition) is 1. The SMILES string of the molecule is CCCNC(CC1(OC)CCC1)c1cc(Cl)c(Br)cc1F. The van der Waals surface area contributed by atoms with Crippen LogP contribution in [0.15, 0.2) is 16.6 Å². The molecule has 5 heteroatoms. The third-order valence-corrected chi connectivity index (χ3v) is 5.53. The first-order valence-electron chi connectivity index (χ1n) is 7.44. The monoisotopic (exact) mass is 377 g/mol. The van der Waals surface area contributed by atoms with Gasteiger partial charge in [0.05, 0.1) is 10.6 Å². The zero-order chi connectivity index (χ0) is 15.5. The average Bonchev–Trinajstić information content (AvgIpc) is 2.42. The molecule has 1 aliphatic carbocycles. The number of rotatable bonds is 7. The average molecular weight is 379 g/mol. The van der Waals surface area contributed by atoms with E-state index < -0.39 is 0 Å². The smallest absolute Gasteiger partial charge is 0.129 e. The van der Waals surface area contributed by atoms with Crippen molar-refractivity contribution >= 4 is 27.5 Å². The maximum absolute atomic E-state index is 14.3. The summed E-state index contributed by atoms with van der Waals surface area (Å²) < 4.78 is 20.6. The van der Waals surface area contributed by atoms with Gasteiger partial charge >= 0.3 is 0 Å². The first kappa shape index (κ1) is 17.2. The number of hydrogen-bond acceptors (Lipinski definition) is 2. The van der Waals surface area contributed by atoms with Gasteiger partial charge in [0, 0.05) is 23.2 Å². The van der Waals surface area contributed by atoms with Crippen LogP contribution in [0.3, 0.4) is 0 Å². The van der Waals surface area contributed by atoms with E-state index in [0.29, 0.717) is 15.1 Å². The molecular formula is C16H22BrClFNO. The highest BCUT2D eigenvalue weighted by atomic mass is 79.9. The van der Waals surface area contributed by atoms with Gasteiger partial charge in [-0.1, -0.05) is 18.5 Å². The van der Waals surface area contributed by atoms with Crippen LogP contribution in [0, 0.1) is 5.82 Å². The lowest BCUT2D eigenvalue weighted by Crippen LogP contribution is -2.43. The first-order valence-corrected chi connectivity index (χ1v) is 8.61. The fourth-order valence-electron chi connectivity index (χ4n) is 2.85. The van der Waals surface area contributed by atoms with Crippen molar-refractivity contribution in [3.05, 3.63) is 33.0 Å². The van der Waals surface area contributed by atoms with Crippen molar-refractivity contribution in [3.63, 3.8) is 0 Å². The van der Waals surface area contributed by atoms with Crippen LogP contribution in [0.5, 0.6) is 0 Å². The Hall–Kier alpha value is -0.160. The topological polar surface area (TPSA) is 21.3 Å². The maximum Gasteiger partial charge on any atom is 0.129 e. The second-order valence-electron chi connectivity index (χ2n) is 5.74. The van der Waals surface area contributed by atoms with Crippen LogP contribution in [0.1, 0.15) is 50.6 Å². The fraction of sp³-hybridized carbons (Fsp3) is 0.625. The Balaban J connectivity index is 2.25. The number of ether oxygens (including phenoxy) is 1. The van der Waals surface area contributed by atoms with E-state index in [9.17, 15) is 4.39 Å². The molecule has 2 rings (SSSR count). The molecule has 0 heterocycles. The Morgan fingerprint density at radius 1 is 1.48 bits per heavy atom. The summed E-state index contributed by atoms with van der Waals surface area (Å²) in [7, 11) is 1.75. The largest absolute Gasteiger partial charge is 0.378 e. The molecule has 1 unspecified atom stereocenters. The van der Waals surface area contributed by atoms with Gasteiger partial charge in [0.25, 0.3) is 0 Å². The molecule has 2 nitrogen and oxygen atoms in total. The summed E-state index contributed by atoms with van der Waals surface area (Å²) >= 11 is 9.41. The third kappa shape index (κ3) is 3.98. The Morgan fingerprint density at radius 3 is 2.71 bits per heavy atom. The minimum absolute atomic E-state index is 0.0733. The van der Waals surface area contributed by atoms with Crippen molar-refractivity contribution in [2.75, 3.05) is 13.7 Å². The minimum atomic E-state index is -0.231. The lowest BCUT2D eigenvalue weighted by molar-refractivity contribution is -0.0839. The number of methoxy groups -OCH3 is 1. The molecule has 0 radical (unpaired) electrons. The summed E-state index contributed by atoms with van der Waals surface area (Å²) in [5, 5.41) is 3.97. The van der Waals surface area contributed by atoms with Crippen LogP contribution in [0.4, 0.5) is 4.39 Å². The van der Waals surface area contributed by atoms with Crippen molar-refractivity contribution in [2.24, 2.45) is 0 Å². The number of benzene rings is 1. The highest BCUT2D eigenvalue weighted by Crippen LogP contribution is 2.42. The Kier molecular flexibility index (Phi) is 6.06. The number of nitrogens with one attached hydrogen (secondary N) is 1. The third-order valence-electron chi connectivity index (χ3n) is 4.33. The lowest BCUT2D eigenvalue weighted by atomic mass is 9.74. The second kappa shape index (κ2) is 7.40. The summed E-state index contributed by atoms with van der Waals surface area (Å²) in [6.45, 7) is 2.95. The van der Waals surface area contributed by atoms with E-state index in [2.05, 4.69) is 28.2 Å². The van der Waals surface area contributed by atoms with Crippen LogP contribution >= 0.6 is 27.5 Å². The molecule has 1 atom stereocenters. The van der Waals surface area contributed by atoms with Gasteiger partial charge in [-0.2, -0.15) is 0 Å². The van der Waals surface area contributed by atoms with Crippen LogP contribution in [0.2, 0.25) is 5.02 Å². The summed E-state index contributed by atoms with van der Waals surface area (Å²) in [6.07, 6.45) is 5.04. The molecule has 0 saturated heterocycles. The Labute approximate surface area is 139 Å². The van der Waals surface area contributed by atoms with Gasteiger partial charge in [0.2, 0.25) is 0 Å². The van der Waals surface area contributed by atoms with Crippen molar-refractivity contribution < 1.29 is 9.13 Å². The van der Waals surface area contributed by atoms with Gasteiger partial charge in [-0.05, 0) is 66.7 Å². The molecule has 0 spiro atoms. The predicted molar refractivity (Wildman–Crippen MR) is 88.4 cm³/mol. The minimum Gasteiger partial charge on any atom is -0.378 e. The quantitative estimate of drug-likeness (QED) is 0.655. The molecule has 21 heavy (non-hydrogen) atoms. The van der Waals surface area contributed by atoms with Gasteiger partial charge in [0.15, 0.2) is 0 Å². The first-order chi connectivity index (χ1) is 10.0.